The van der Waals surface area contributed by atoms with E-state index in [1.807, 2.05) is 31.2 Å². The Morgan fingerprint density at radius 1 is 1.21 bits per heavy atom. The lowest BCUT2D eigenvalue weighted by molar-refractivity contribution is -0.153. The number of carbonyl (C=O) groups is 2. The van der Waals surface area contributed by atoms with Gasteiger partial charge in [0.15, 0.2) is 0 Å². The Bertz CT molecular complexity index is 987. The van der Waals surface area contributed by atoms with E-state index in [9.17, 15) is 14.7 Å². The number of nitrogens with one attached hydrogen (secondary N) is 1. The zero-order valence-corrected chi connectivity index (χ0v) is 19.2. The number of carboxylic acid groups (broad SMARTS) is 1. The Labute approximate surface area is 193 Å². The van der Waals surface area contributed by atoms with E-state index >= 15 is 0 Å². The number of amides is 1. The molecule has 0 radical (unpaired) electrons. The molecule has 2 aliphatic carbocycles. The van der Waals surface area contributed by atoms with Crippen molar-refractivity contribution in [2.75, 3.05) is 13.7 Å². The first-order valence-electron chi connectivity index (χ1n) is 11.7. The third-order valence-corrected chi connectivity index (χ3v) is 6.86. The minimum atomic E-state index is -0.867. The van der Waals surface area contributed by atoms with Crippen molar-refractivity contribution in [2.24, 2.45) is 17.8 Å². The molecule has 2 aromatic rings. The summed E-state index contributed by atoms with van der Waals surface area (Å²) in [7, 11) is 1.63. The predicted octanol–water partition coefficient (Wildman–Crippen LogP) is 3.96. The molecule has 2 fully saturated rings. The fourth-order valence-electron chi connectivity index (χ4n) is 4.75. The molecule has 0 aliphatic heterocycles. The summed E-state index contributed by atoms with van der Waals surface area (Å²) >= 11 is 0. The van der Waals surface area contributed by atoms with Gasteiger partial charge < -0.3 is 24.3 Å². The van der Waals surface area contributed by atoms with E-state index in [-0.39, 0.29) is 17.9 Å². The number of aliphatic carboxylic acids is 1. The molecule has 4 rings (SSSR count). The summed E-state index contributed by atoms with van der Waals surface area (Å²) in [6.07, 6.45) is 5.11. The second-order valence-electron chi connectivity index (χ2n) is 9.14. The predicted molar refractivity (Wildman–Crippen MR) is 121 cm³/mol. The summed E-state index contributed by atoms with van der Waals surface area (Å²) < 4.78 is 17.1. The first kappa shape index (κ1) is 23.3. The van der Waals surface area contributed by atoms with Gasteiger partial charge in [0.25, 0.3) is 0 Å². The van der Waals surface area contributed by atoms with Gasteiger partial charge in [-0.05, 0) is 63.1 Å². The highest BCUT2D eigenvalue weighted by Crippen LogP contribution is 2.35. The molecular weight excluding hydrogens is 424 g/mol. The van der Waals surface area contributed by atoms with E-state index in [0.29, 0.717) is 37.9 Å². The average molecular weight is 457 g/mol. The van der Waals surface area contributed by atoms with Crippen molar-refractivity contribution in [1.29, 1.82) is 0 Å². The summed E-state index contributed by atoms with van der Waals surface area (Å²) in [6.45, 7) is 2.84. The molecule has 8 heteroatoms. The molecule has 1 aromatic carbocycles. The number of benzene rings is 1. The molecular formula is C25H32N2O6. The van der Waals surface area contributed by atoms with Gasteiger partial charge in [0.05, 0.1) is 25.6 Å². The van der Waals surface area contributed by atoms with Gasteiger partial charge in [-0.15, -0.1) is 0 Å². The fourth-order valence-corrected chi connectivity index (χ4v) is 4.75. The van der Waals surface area contributed by atoms with Crippen molar-refractivity contribution in [3.8, 4) is 17.2 Å². The van der Waals surface area contributed by atoms with Gasteiger partial charge in [-0.1, -0.05) is 12.5 Å². The van der Waals surface area contributed by atoms with Crippen LogP contribution in [0.2, 0.25) is 0 Å². The summed E-state index contributed by atoms with van der Waals surface area (Å²) in [5, 5.41) is 12.3. The molecule has 178 valence electrons. The molecule has 0 spiro atoms. The van der Waals surface area contributed by atoms with Gasteiger partial charge in [0.1, 0.15) is 17.2 Å². The Balaban J connectivity index is 1.25. The quantitative estimate of drug-likeness (QED) is 0.587. The van der Waals surface area contributed by atoms with Crippen LogP contribution in [0.1, 0.15) is 50.0 Å². The molecule has 2 saturated carbocycles. The Hall–Kier alpha value is -2.87. The monoisotopic (exact) mass is 456 g/mol. The maximum absolute atomic E-state index is 12.5. The average Bonchev–Trinajstić information content (AvgIpc) is 3.13. The van der Waals surface area contributed by atoms with Gasteiger partial charge in [-0.3, -0.25) is 9.59 Å². The molecule has 0 saturated heterocycles. The lowest BCUT2D eigenvalue weighted by Crippen LogP contribution is -2.48. The van der Waals surface area contributed by atoms with Crippen molar-refractivity contribution < 1.29 is 28.6 Å². The number of oxazole rings is 1. The lowest BCUT2D eigenvalue weighted by atomic mass is 9.73. The number of aryl methyl sites for hydroxylation is 1. The van der Waals surface area contributed by atoms with E-state index in [0.717, 1.165) is 48.5 Å². The number of methoxy groups -OCH3 is 1. The maximum Gasteiger partial charge on any atom is 0.307 e. The number of carbonyl (C=O) groups excluding carboxylic acids is 1. The Kier molecular flexibility index (Phi) is 7.33. The zero-order valence-electron chi connectivity index (χ0n) is 19.2. The standard InChI is InChI=1S/C25H32N2O6/c1-15-22(27-24(33-15)17-6-4-8-19(12-17)31-2)14-32-13-16-5-3-7-18(11-16)26-23(28)20-9-10-21(20)25(29)30/h4,6,8,12,16,18,20-21H,3,5,7,9-11,13-14H2,1-2H3,(H,26,28)(H,29,30). The molecule has 0 bridgehead atoms. The minimum Gasteiger partial charge on any atom is -0.497 e. The zero-order chi connectivity index (χ0) is 23.4. The second kappa shape index (κ2) is 10.4. The van der Waals surface area contributed by atoms with E-state index in [1.165, 1.54) is 0 Å². The van der Waals surface area contributed by atoms with Crippen LogP contribution in [0.3, 0.4) is 0 Å². The van der Waals surface area contributed by atoms with Crippen molar-refractivity contribution in [2.45, 2.75) is 58.1 Å². The van der Waals surface area contributed by atoms with Crippen molar-refractivity contribution in [3.63, 3.8) is 0 Å². The third kappa shape index (κ3) is 5.55. The van der Waals surface area contributed by atoms with Crippen LogP contribution in [0.25, 0.3) is 11.5 Å². The van der Waals surface area contributed by atoms with Crippen LogP contribution in [0.4, 0.5) is 0 Å². The summed E-state index contributed by atoms with van der Waals surface area (Å²) in [4.78, 5) is 28.3. The number of carboxylic acids is 1. The third-order valence-electron chi connectivity index (χ3n) is 6.86. The van der Waals surface area contributed by atoms with Crippen LogP contribution in [0, 0.1) is 24.7 Å². The maximum atomic E-state index is 12.5. The van der Waals surface area contributed by atoms with Crippen molar-refractivity contribution in [1.82, 2.24) is 10.3 Å². The van der Waals surface area contributed by atoms with E-state index < -0.39 is 11.9 Å². The van der Waals surface area contributed by atoms with Gasteiger partial charge in [-0.25, -0.2) is 4.98 Å². The number of nitrogens with zero attached hydrogens (tertiary/aromatic N) is 1. The molecule has 2 aliphatic rings. The van der Waals surface area contributed by atoms with Crippen LogP contribution in [0.5, 0.6) is 5.75 Å². The lowest BCUT2D eigenvalue weighted by Gasteiger charge is -2.35. The molecule has 1 amide bonds. The van der Waals surface area contributed by atoms with Gasteiger partial charge in [0, 0.05) is 18.2 Å². The molecule has 8 nitrogen and oxygen atoms in total. The number of ether oxygens (including phenoxy) is 2. The topological polar surface area (TPSA) is 111 Å². The highest BCUT2D eigenvalue weighted by molar-refractivity contribution is 5.86. The van der Waals surface area contributed by atoms with Crippen LogP contribution in [0.15, 0.2) is 28.7 Å². The van der Waals surface area contributed by atoms with E-state index in [4.69, 9.17) is 13.9 Å². The second-order valence-corrected chi connectivity index (χ2v) is 9.14. The number of hydrogen-bond acceptors (Lipinski definition) is 6. The summed E-state index contributed by atoms with van der Waals surface area (Å²) in [5.74, 6) is 0.490. The first-order chi connectivity index (χ1) is 15.9. The van der Waals surface area contributed by atoms with E-state index in [2.05, 4.69) is 10.3 Å². The number of rotatable bonds is 9. The van der Waals surface area contributed by atoms with Gasteiger partial charge in [-0.2, -0.15) is 0 Å². The van der Waals surface area contributed by atoms with Gasteiger partial charge in [0.2, 0.25) is 11.8 Å². The van der Waals surface area contributed by atoms with Crippen LogP contribution >= 0.6 is 0 Å². The summed E-state index contributed by atoms with van der Waals surface area (Å²) in [5.41, 5.74) is 1.63. The summed E-state index contributed by atoms with van der Waals surface area (Å²) in [6, 6.07) is 7.67. The smallest absolute Gasteiger partial charge is 0.307 e. The highest BCUT2D eigenvalue weighted by atomic mass is 16.5. The van der Waals surface area contributed by atoms with Crippen molar-refractivity contribution >= 4 is 11.9 Å². The Morgan fingerprint density at radius 2 is 2.03 bits per heavy atom. The fraction of sp³-hybridized carbons (Fsp3) is 0.560. The molecule has 2 N–H and O–H groups in total. The highest BCUT2D eigenvalue weighted by Gasteiger charge is 2.42. The number of aromatic nitrogens is 1. The molecule has 33 heavy (non-hydrogen) atoms. The molecule has 4 atom stereocenters. The van der Waals surface area contributed by atoms with Crippen molar-refractivity contribution in [3.05, 3.63) is 35.7 Å². The SMILES string of the molecule is COc1cccc(-c2nc(COCC3CCCC(NC(=O)C4CCC4C(=O)O)C3)c(C)o2)c1. The Morgan fingerprint density at radius 3 is 2.76 bits per heavy atom. The molecule has 4 unspecified atom stereocenters. The first-order valence-corrected chi connectivity index (χ1v) is 11.7. The number of hydrogen-bond donors (Lipinski definition) is 2. The van der Waals surface area contributed by atoms with Crippen LogP contribution < -0.4 is 10.1 Å². The molecule has 1 aromatic heterocycles. The van der Waals surface area contributed by atoms with Crippen LogP contribution in [-0.2, 0) is 20.9 Å². The normalized spacial score (nSPS) is 24.7. The van der Waals surface area contributed by atoms with Crippen LogP contribution in [-0.4, -0.2) is 41.7 Å². The minimum absolute atomic E-state index is 0.0864. The van der Waals surface area contributed by atoms with Gasteiger partial charge >= 0.3 is 5.97 Å². The molecule has 1 heterocycles. The van der Waals surface area contributed by atoms with E-state index in [1.54, 1.807) is 7.11 Å². The largest absolute Gasteiger partial charge is 0.497 e.